The van der Waals surface area contributed by atoms with Gasteiger partial charge in [-0.25, -0.2) is 4.39 Å². The number of rotatable bonds is 16. The molecule has 9 rings (SSSR count). The number of likely N-dealkylation sites (tertiary alicyclic amines) is 3. The van der Waals surface area contributed by atoms with E-state index in [1.807, 2.05) is 52.0 Å². The van der Waals surface area contributed by atoms with Crippen molar-refractivity contribution >= 4 is 58.2 Å². The maximum Gasteiger partial charge on any atom is 0.305 e. The highest BCUT2D eigenvalue weighted by atomic mass is 19.1. The fourth-order valence-corrected chi connectivity index (χ4v) is 11.4. The van der Waals surface area contributed by atoms with Gasteiger partial charge in [0.25, 0.3) is 5.91 Å². The number of piperidine rings is 4. The molecule has 1 aromatic heterocycles. The fraction of sp³-hybridized carbons (Fsp3) is 0.476. The van der Waals surface area contributed by atoms with E-state index in [1.54, 1.807) is 33.2 Å². The number of hydrogen-bond donors (Lipinski definition) is 2. The molecule has 2 N–H and O–H groups in total. The molecule has 5 aromatic rings. The smallest absolute Gasteiger partial charge is 0.305 e. The first-order valence-corrected chi connectivity index (χ1v) is 28.1. The Balaban J connectivity index is 0.00000108. The van der Waals surface area contributed by atoms with Gasteiger partial charge in [0.05, 0.1) is 36.3 Å². The number of esters is 1. The lowest BCUT2D eigenvalue weighted by atomic mass is 9.88. The third-order valence-corrected chi connectivity index (χ3v) is 16.2. The number of benzene rings is 4. The Morgan fingerprint density at radius 3 is 2.27 bits per heavy atom. The van der Waals surface area contributed by atoms with Gasteiger partial charge in [0.15, 0.2) is 0 Å². The number of carbonyl (C=O) groups is 6. The zero-order valence-corrected chi connectivity index (χ0v) is 46.4. The molecule has 0 saturated carbocycles. The second-order valence-electron chi connectivity index (χ2n) is 21.2. The number of nitrogens with zero attached hydrogens (tertiary/aromatic N) is 7. The van der Waals surface area contributed by atoms with Crippen LogP contribution >= 0.6 is 0 Å². The molecular formula is C63H80FN9O7. The largest absolute Gasteiger partial charge is 0.466 e. The fourth-order valence-electron chi connectivity index (χ4n) is 11.4. The molecule has 4 fully saturated rings. The number of carbonyl (C=O) groups excluding carboxylic acids is 6. The average Bonchev–Trinajstić information content (AvgIpc) is 3.98. The lowest BCUT2D eigenvalue weighted by molar-refractivity contribution is -0.142. The van der Waals surface area contributed by atoms with Gasteiger partial charge in [0.1, 0.15) is 11.9 Å². The van der Waals surface area contributed by atoms with Crippen molar-refractivity contribution in [1.82, 2.24) is 35.1 Å². The van der Waals surface area contributed by atoms with E-state index in [1.165, 1.54) is 33.4 Å². The maximum absolute atomic E-state index is 13.7. The quantitative estimate of drug-likeness (QED) is 0.0421. The summed E-state index contributed by atoms with van der Waals surface area (Å²) in [6, 6.07) is 25.0. The summed E-state index contributed by atoms with van der Waals surface area (Å²) in [7, 11) is 3.51. The second kappa shape index (κ2) is 28.6. The summed E-state index contributed by atoms with van der Waals surface area (Å²) in [6.07, 6.45) is 10.6. The lowest BCUT2D eigenvalue weighted by Crippen LogP contribution is -2.51. The molecule has 5 amide bonds. The second-order valence-corrected chi connectivity index (χ2v) is 21.2. The van der Waals surface area contributed by atoms with Gasteiger partial charge < -0.3 is 29.7 Å². The Labute approximate surface area is 471 Å². The van der Waals surface area contributed by atoms with Gasteiger partial charge in [-0.05, 0) is 149 Å². The van der Waals surface area contributed by atoms with E-state index in [-0.39, 0.29) is 67.1 Å². The zero-order valence-electron chi connectivity index (χ0n) is 46.4. The molecule has 0 aliphatic carbocycles. The third-order valence-electron chi connectivity index (χ3n) is 16.2. The summed E-state index contributed by atoms with van der Waals surface area (Å²) in [5.41, 5.74) is 6.18. The Morgan fingerprint density at radius 2 is 1.60 bits per heavy atom. The topological polar surface area (TPSA) is 170 Å². The van der Waals surface area contributed by atoms with Crippen LogP contribution in [0.25, 0.3) is 10.8 Å². The van der Waals surface area contributed by atoms with Crippen LogP contribution in [0.4, 0.5) is 15.8 Å². The number of amides is 5. The van der Waals surface area contributed by atoms with Crippen molar-refractivity contribution < 1.29 is 37.9 Å². The number of ether oxygens (including phenoxy) is 1. The van der Waals surface area contributed by atoms with Gasteiger partial charge >= 0.3 is 5.97 Å². The van der Waals surface area contributed by atoms with Crippen molar-refractivity contribution in [2.75, 3.05) is 76.3 Å². The third kappa shape index (κ3) is 15.3. The minimum absolute atomic E-state index is 0. The molecule has 2 atom stereocenters. The van der Waals surface area contributed by atoms with Crippen LogP contribution in [0.3, 0.4) is 0 Å². The Hall–Kier alpha value is -7.42. The van der Waals surface area contributed by atoms with E-state index in [9.17, 15) is 33.2 Å². The number of fused-ring (bicyclic) bond motifs is 1. The summed E-state index contributed by atoms with van der Waals surface area (Å²) in [5.74, 6) is 6.65. The molecule has 0 bridgehead atoms. The van der Waals surface area contributed by atoms with Crippen molar-refractivity contribution in [1.29, 1.82) is 0 Å². The molecule has 4 aromatic carbocycles. The van der Waals surface area contributed by atoms with Crippen LogP contribution in [0.1, 0.15) is 131 Å². The Kier molecular flexibility index (Phi) is 21.6. The van der Waals surface area contributed by atoms with E-state index < -0.39 is 6.04 Å². The molecule has 16 nitrogen and oxygen atoms in total. The SMILES string of the molecule is C.CC(c1ccc(C#CC2CCN(CCn3cc(C(=O)N4CCC(c5ccc(N(C)C6CCC(=O)NC6=O)c(N(C)C=O)c5)CC4)cn3)CC2)c2ccccc12)N1CCC(C(=O)NCc2cccc(F)c2)CC1.CCOC(=O)CC. The number of imide groups is 1. The minimum atomic E-state index is -0.515. The summed E-state index contributed by atoms with van der Waals surface area (Å²) in [5, 5.41) is 12.4. The van der Waals surface area contributed by atoms with Crippen LogP contribution < -0.4 is 20.4 Å². The van der Waals surface area contributed by atoms with Gasteiger partial charge in [-0.3, -0.25) is 43.7 Å². The van der Waals surface area contributed by atoms with Gasteiger partial charge in [0.2, 0.25) is 24.1 Å². The van der Waals surface area contributed by atoms with E-state index in [0.29, 0.717) is 62.8 Å². The first kappa shape index (κ1) is 60.2. The first-order valence-electron chi connectivity index (χ1n) is 28.1. The van der Waals surface area contributed by atoms with Gasteiger partial charge in [-0.1, -0.05) is 74.7 Å². The monoisotopic (exact) mass is 1090 g/mol. The normalized spacial score (nSPS) is 17.9. The number of halogens is 1. The molecule has 0 radical (unpaired) electrons. The molecule has 5 heterocycles. The van der Waals surface area contributed by atoms with Crippen molar-refractivity contribution in [3.05, 3.63) is 125 Å². The predicted octanol–water partition coefficient (Wildman–Crippen LogP) is 8.48. The molecule has 0 spiro atoms. The highest BCUT2D eigenvalue weighted by Gasteiger charge is 2.33. The van der Waals surface area contributed by atoms with Crippen LogP contribution in [0.2, 0.25) is 0 Å². The summed E-state index contributed by atoms with van der Waals surface area (Å²) >= 11 is 0. The summed E-state index contributed by atoms with van der Waals surface area (Å²) in [4.78, 5) is 83.4. The number of anilines is 2. The lowest BCUT2D eigenvalue weighted by Gasteiger charge is -2.36. The van der Waals surface area contributed by atoms with Crippen molar-refractivity contribution in [3.8, 4) is 11.8 Å². The van der Waals surface area contributed by atoms with Gasteiger partial charge in [0, 0.05) is 82.8 Å². The molecule has 4 saturated heterocycles. The van der Waals surface area contributed by atoms with Crippen molar-refractivity contribution in [2.45, 2.75) is 117 Å². The summed E-state index contributed by atoms with van der Waals surface area (Å²) < 4.78 is 20.0. The van der Waals surface area contributed by atoms with Crippen molar-refractivity contribution in [2.24, 2.45) is 11.8 Å². The standard InChI is InChI=1S/C57H66FN9O5.C5H10O2.CH4/c1-39(65-27-23-44(24-28-65)55(70)59-35-41-7-6-8-47(58)33-41)48-15-13-43(49-9-4-5-10-50(48)49)12-11-40-19-25-64(26-20-40)31-32-67-37-46(36-60-67)57(72)66-29-21-42(22-30-66)45-14-16-51(53(34-45)62(2)38-68)63(3)52-17-18-54(69)61-56(52)71;1-3-5(6)7-4-2;/h4-10,13-16,33-34,36-40,42,44,52H,17-32,35H2,1-3H3,(H,59,70)(H,61,69,71);3-4H2,1-2H3;1H4. The number of likely N-dealkylation sites (N-methyl/N-ethyl adjacent to an activating group) is 1. The molecular weight excluding hydrogens is 1010 g/mol. The first-order chi connectivity index (χ1) is 38.2. The van der Waals surface area contributed by atoms with E-state index in [0.717, 1.165) is 100 Å². The zero-order chi connectivity index (χ0) is 56.0. The highest BCUT2D eigenvalue weighted by molar-refractivity contribution is 6.02. The maximum atomic E-state index is 13.7. The van der Waals surface area contributed by atoms with Gasteiger partial charge in [-0.15, -0.1) is 0 Å². The molecule has 426 valence electrons. The van der Waals surface area contributed by atoms with Crippen LogP contribution in [0.15, 0.2) is 91.3 Å². The van der Waals surface area contributed by atoms with E-state index in [2.05, 4.69) is 85.4 Å². The van der Waals surface area contributed by atoms with Gasteiger partial charge in [-0.2, -0.15) is 5.10 Å². The summed E-state index contributed by atoms with van der Waals surface area (Å²) in [6.45, 7) is 13.0. The number of aromatic nitrogens is 2. The average molecular weight is 1090 g/mol. The number of nitrogens with one attached hydrogen (secondary N) is 2. The van der Waals surface area contributed by atoms with Crippen LogP contribution in [-0.4, -0.2) is 133 Å². The minimum Gasteiger partial charge on any atom is -0.466 e. The Morgan fingerprint density at radius 1 is 0.863 bits per heavy atom. The van der Waals surface area contributed by atoms with E-state index >= 15 is 0 Å². The molecule has 4 aliphatic rings. The molecule has 80 heavy (non-hydrogen) atoms. The molecule has 4 aliphatic heterocycles. The highest BCUT2D eigenvalue weighted by Crippen LogP contribution is 2.37. The number of hydrogen-bond acceptors (Lipinski definition) is 11. The van der Waals surface area contributed by atoms with Crippen LogP contribution in [0, 0.1) is 29.5 Å². The molecule has 17 heteroatoms. The van der Waals surface area contributed by atoms with Crippen molar-refractivity contribution in [3.63, 3.8) is 0 Å². The van der Waals surface area contributed by atoms with Crippen LogP contribution in [0.5, 0.6) is 0 Å². The molecule has 2 unspecified atom stereocenters. The van der Waals surface area contributed by atoms with E-state index in [4.69, 9.17) is 0 Å². The predicted molar refractivity (Wildman–Crippen MR) is 310 cm³/mol. The van der Waals surface area contributed by atoms with Crippen LogP contribution in [-0.2, 0) is 41.8 Å². The Bertz CT molecular complexity index is 3020.